The standard InChI is InChI=1S/C13H18ClNO2/c14-12-5-1-4-11(13(12)17)8-15-6-2-3-10(7-15)9-16/h1,4-5,10,16-17H,2-3,6-9H2. The Kier molecular flexibility index (Phi) is 4.26. The van der Waals surface area contributed by atoms with E-state index in [0.29, 0.717) is 17.5 Å². The summed E-state index contributed by atoms with van der Waals surface area (Å²) in [5.41, 5.74) is 0.857. The van der Waals surface area contributed by atoms with Gasteiger partial charge in [0.2, 0.25) is 0 Å². The van der Waals surface area contributed by atoms with E-state index in [9.17, 15) is 10.2 Å². The predicted molar refractivity (Wildman–Crippen MR) is 68.2 cm³/mol. The minimum atomic E-state index is 0.181. The van der Waals surface area contributed by atoms with Crippen molar-refractivity contribution in [3.05, 3.63) is 28.8 Å². The van der Waals surface area contributed by atoms with Gasteiger partial charge in [0.25, 0.3) is 0 Å². The zero-order chi connectivity index (χ0) is 12.3. The summed E-state index contributed by atoms with van der Waals surface area (Å²) in [5, 5.41) is 19.4. The third-order valence-electron chi connectivity index (χ3n) is 3.33. The number of benzene rings is 1. The zero-order valence-corrected chi connectivity index (χ0v) is 10.5. The molecule has 3 nitrogen and oxygen atoms in total. The van der Waals surface area contributed by atoms with Crippen molar-refractivity contribution in [2.24, 2.45) is 5.92 Å². The molecule has 1 aromatic carbocycles. The number of halogens is 1. The van der Waals surface area contributed by atoms with Gasteiger partial charge in [-0.1, -0.05) is 23.7 Å². The molecule has 2 rings (SSSR count). The molecule has 0 spiro atoms. The molecule has 4 heteroatoms. The number of rotatable bonds is 3. The maximum Gasteiger partial charge on any atom is 0.138 e. The van der Waals surface area contributed by atoms with Crippen molar-refractivity contribution in [2.75, 3.05) is 19.7 Å². The van der Waals surface area contributed by atoms with Crippen LogP contribution in [0.2, 0.25) is 5.02 Å². The van der Waals surface area contributed by atoms with Gasteiger partial charge in [0.15, 0.2) is 0 Å². The molecule has 0 bridgehead atoms. The van der Waals surface area contributed by atoms with E-state index in [-0.39, 0.29) is 12.4 Å². The number of para-hydroxylation sites is 1. The number of piperidine rings is 1. The molecule has 1 fully saturated rings. The number of nitrogens with zero attached hydrogens (tertiary/aromatic N) is 1. The number of aliphatic hydroxyl groups excluding tert-OH is 1. The maximum absolute atomic E-state index is 9.84. The lowest BCUT2D eigenvalue weighted by atomic mass is 9.98. The van der Waals surface area contributed by atoms with Crippen LogP contribution in [-0.4, -0.2) is 34.8 Å². The number of aromatic hydroxyl groups is 1. The lowest BCUT2D eigenvalue weighted by Crippen LogP contribution is -2.36. The summed E-state index contributed by atoms with van der Waals surface area (Å²) in [6, 6.07) is 5.43. The first kappa shape index (κ1) is 12.7. The Labute approximate surface area is 107 Å². The largest absolute Gasteiger partial charge is 0.506 e. The minimum absolute atomic E-state index is 0.181. The highest BCUT2D eigenvalue weighted by Crippen LogP contribution is 2.29. The van der Waals surface area contributed by atoms with Crippen LogP contribution < -0.4 is 0 Å². The van der Waals surface area contributed by atoms with E-state index in [0.717, 1.165) is 31.5 Å². The molecule has 0 aliphatic carbocycles. The van der Waals surface area contributed by atoms with Crippen LogP contribution in [0, 0.1) is 5.92 Å². The molecule has 2 N–H and O–H groups in total. The molecule has 1 aliphatic heterocycles. The predicted octanol–water partition coefficient (Wildman–Crippen LogP) is 2.25. The van der Waals surface area contributed by atoms with Crippen LogP contribution in [0.4, 0.5) is 0 Å². The highest BCUT2D eigenvalue weighted by molar-refractivity contribution is 6.32. The number of hydrogen-bond acceptors (Lipinski definition) is 3. The van der Waals surface area contributed by atoms with Crippen molar-refractivity contribution < 1.29 is 10.2 Å². The maximum atomic E-state index is 9.84. The van der Waals surface area contributed by atoms with Gasteiger partial charge < -0.3 is 10.2 Å². The summed E-state index contributed by atoms with van der Waals surface area (Å²) in [6.07, 6.45) is 2.20. The van der Waals surface area contributed by atoms with Crippen LogP contribution in [0.3, 0.4) is 0 Å². The van der Waals surface area contributed by atoms with Crippen molar-refractivity contribution in [2.45, 2.75) is 19.4 Å². The van der Waals surface area contributed by atoms with Gasteiger partial charge in [0, 0.05) is 25.3 Å². The van der Waals surface area contributed by atoms with Gasteiger partial charge in [-0.05, 0) is 31.4 Å². The average molecular weight is 256 g/mol. The minimum Gasteiger partial charge on any atom is -0.506 e. The molecule has 1 saturated heterocycles. The number of hydrogen-bond donors (Lipinski definition) is 2. The second-order valence-corrected chi connectivity index (χ2v) is 5.08. The first-order chi connectivity index (χ1) is 8.20. The fraction of sp³-hybridized carbons (Fsp3) is 0.538. The SMILES string of the molecule is OCC1CCCN(Cc2cccc(Cl)c2O)C1. The summed E-state index contributed by atoms with van der Waals surface area (Å²) >= 11 is 5.88. The molecular formula is C13H18ClNO2. The highest BCUT2D eigenvalue weighted by atomic mass is 35.5. The van der Waals surface area contributed by atoms with Gasteiger partial charge in [-0.15, -0.1) is 0 Å². The normalized spacial score (nSPS) is 21.6. The Bertz CT molecular complexity index is 384. The van der Waals surface area contributed by atoms with Crippen LogP contribution in [0.15, 0.2) is 18.2 Å². The second kappa shape index (κ2) is 5.71. The molecule has 1 unspecified atom stereocenters. The van der Waals surface area contributed by atoms with Gasteiger partial charge in [-0.25, -0.2) is 0 Å². The summed E-state index contributed by atoms with van der Waals surface area (Å²) in [7, 11) is 0. The van der Waals surface area contributed by atoms with Gasteiger partial charge in [0.05, 0.1) is 5.02 Å². The lowest BCUT2D eigenvalue weighted by molar-refractivity contribution is 0.115. The number of aliphatic hydroxyl groups is 1. The van der Waals surface area contributed by atoms with E-state index in [1.807, 2.05) is 12.1 Å². The van der Waals surface area contributed by atoms with E-state index < -0.39 is 0 Å². The zero-order valence-electron chi connectivity index (χ0n) is 9.77. The van der Waals surface area contributed by atoms with Crippen LogP contribution in [-0.2, 0) is 6.54 Å². The van der Waals surface area contributed by atoms with Gasteiger partial charge in [-0.2, -0.15) is 0 Å². The number of phenols is 1. The van der Waals surface area contributed by atoms with E-state index >= 15 is 0 Å². The molecule has 1 aromatic rings. The number of likely N-dealkylation sites (tertiary alicyclic amines) is 1. The average Bonchev–Trinajstić information content (AvgIpc) is 2.35. The molecule has 94 valence electrons. The molecule has 1 aliphatic rings. The van der Waals surface area contributed by atoms with Crippen molar-refractivity contribution in [1.82, 2.24) is 4.90 Å². The van der Waals surface area contributed by atoms with Gasteiger partial charge >= 0.3 is 0 Å². The Hall–Kier alpha value is -0.770. The smallest absolute Gasteiger partial charge is 0.138 e. The number of phenolic OH excluding ortho intramolecular Hbond substituents is 1. The Morgan fingerprint density at radius 1 is 1.41 bits per heavy atom. The highest BCUT2D eigenvalue weighted by Gasteiger charge is 2.20. The van der Waals surface area contributed by atoms with Crippen LogP contribution >= 0.6 is 11.6 Å². The molecule has 0 radical (unpaired) electrons. The van der Waals surface area contributed by atoms with Crippen molar-refractivity contribution in [3.63, 3.8) is 0 Å². The third-order valence-corrected chi connectivity index (χ3v) is 3.63. The quantitative estimate of drug-likeness (QED) is 0.871. The molecule has 1 atom stereocenters. The van der Waals surface area contributed by atoms with Crippen molar-refractivity contribution >= 4 is 11.6 Å². The molecular weight excluding hydrogens is 238 g/mol. The fourth-order valence-electron chi connectivity index (χ4n) is 2.37. The van der Waals surface area contributed by atoms with Crippen LogP contribution in [0.25, 0.3) is 0 Å². The van der Waals surface area contributed by atoms with E-state index in [1.54, 1.807) is 6.07 Å². The Morgan fingerprint density at radius 3 is 3.00 bits per heavy atom. The third kappa shape index (κ3) is 3.12. The van der Waals surface area contributed by atoms with Crippen LogP contribution in [0.1, 0.15) is 18.4 Å². The molecule has 0 aromatic heterocycles. The Balaban J connectivity index is 2.02. The molecule has 0 saturated carbocycles. The van der Waals surface area contributed by atoms with E-state index in [2.05, 4.69) is 4.90 Å². The molecule has 0 amide bonds. The molecule has 1 heterocycles. The summed E-state index contributed by atoms with van der Waals surface area (Å²) in [5.74, 6) is 0.547. The lowest BCUT2D eigenvalue weighted by Gasteiger charge is -2.31. The van der Waals surface area contributed by atoms with Gasteiger partial charge in [0.1, 0.15) is 5.75 Å². The topological polar surface area (TPSA) is 43.7 Å². The fourth-order valence-corrected chi connectivity index (χ4v) is 2.57. The van der Waals surface area contributed by atoms with Crippen molar-refractivity contribution in [3.8, 4) is 5.75 Å². The first-order valence-corrected chi connectivity index (χ1v) is 6.38. The van der Waals surface area contributed by atoms with Gasteiger partial charge in [-0.3, -0.25) is 4.90 Å². The van der Waals surface area contributed by atoms with Crippen LogP contribution in [0.5, 0.6) is 5.75 Å². The summed E-state index contributed by atoms with van der Waals surface area (Å²) in [6.45, 7) is 2.85. The second-order valence-electron chi connectivity index (χ2n) is 4.67. The summed E-state index contributed by atoms with van der Waals surface area (Å²) in [4.78, 5) is 2.26. The Morgan fingerprint density at radius 2 is 2.24 bits per heavy atom. The van der Waals surface area contributed by atoms with Crippen molar-refractivity contribution in [1.29, 1.82) is 0 Å². The first-order valence-electron chi connectivity index (χ1n) is 6.00. The monoisotopic (exact) mass is 255 g/mol. The summed E-state index contributed by atoms with van der Waals surface area (Å²) < 4.78 is 0. The van der Waals surface area contributed by atoms with E-state index in [1.165, 1.54) is 0 Å². The molecule has 17 heavy (non-hydrogen) atoms. The van der Waals surface area contributed by atoms with E-state index in [4.69, 9.17) is 11.6 Å².